The number of aromatic nitrogens is 2. The van der Waals surface area contributed by atoms with Crippen molar-refractivity contribution in [3.8, 4) is 34.0 Å². The first-order chi connectivity index (χ1) is 17.5. The fourth-order valence-electron chi connectivity index (χ4n) is 5.39. The van der Waals surface area contributed by atoms with Gasteiger partial charge in [0.2, 0.25) is 5.82 Å². The van der Waals surface area contributed by atoms with Crippen LogP contribution in [0.2, 0.25) is 0 Å². The number of hydrogen-bond donors (Lipinski definition) is 2. The number of carboxylic acids is 1. The third-order valence-electron chi connectivity index (χ3n) is 7.46. The van der Waals surface area contributed by atoms with Crippen molar-refractivity contribution in [2.24, 2.45) is 5.92 Å². The van der Waals surface area contributed by atoms with Crippen LogP contribution in [0.15, 0.2) is 65.2 Å². The van der Waals surface area contributed by atoms with E-state index in [1.807, 2.05) is 43.3 Å². The molecule has 2 N–H and O–H groups in total. The first-order valence-electron chi connectivity index (χ1n) is 12.3. The maximum atomic E-state index is 15.1. The molecule has 1 fully saturated rings. The van der Waals surface area contributed by atoms with Crippen LogP contribution in [-0.4, -0.2) is 27.3 Å². The van der Waals surface area contributed by atoms with E-state index in [0.29, 0.717) is 18.7 Å². The molecule has 7 heteroatoms. The Morgan fingerprint density at radius 3 is 2.64 bits per heavy atom. The second-order valence-corrected chi connectivity index (χ2v) is 9.81. The van der Waals surface area contributed by atoms with Crippen LogP contribution in [0.3, 0.4) is 0 Å². The third kappa shape index (κ3) is 4.09. The van der Waals surface area contributed by atoms with Gasteiger partial charge in [0.15, 0.2) is 0 Å². The van der Waals surface area contributed by atoms with Gasteiger partial charge in [0, 0.05) is 17.6 Å². The first kappa shape index (κ1) is 22.6. The molecule has 182 valence electrons. The van der Waals surface area contributed by atoms with Crippen LogP contribution in [-0.2, 0) is 11.2 Å². The summed E-state index contributed by atoms with van der Waals surface area (Å²) in [6, 6.07) is 19.6. The molecule has 1 unspecified atom stereocenters. The molecule has 36 heavy (non-hydrogen) atoms. The summed E-state index contributed by atoms with van der Waals surface area (Å²) in [6.07, 6.45) is 3.28. The fourth-order valence-corrected chi connectivity index (χ4v) is 5.39. The van der Waals surface area contributed by atoms with Crippen molar-refractivity contribution < 1.29 is 18.8 Å². The summed E-state index contributed by atoms with van der Waals surface area (Å²) < 4.78 is 20.5. The lowest BCUT2D eigenvalue weighted by Crippen LogP contribution is -2.45. The average Bonchev–Trinajstić information content (AvgIpc) is 3.50. The number of halogens is 1. The van der Waals surface area contributed by atoms with Crippen molar-refractivity contribution in [2.45, 2.75) is 44.7 Å². The molecule has 0 spiro atoms. The van der Waals surface area contributed by atoms with Crippen LogP contribution < -0.4 is 5.32 Å². The monoisotopic (exact) mass is 483 g/mol. The summed E-state index contributed by atoms with van der Waals surface area (Å²) in [6.45, 7) is 1.94. The molecule has 0 aliphatic heterocycles. The zero-order valence-electron chi connectivity index (χ0n) is 19.9. The maximum absolute atomic E-state index is 15.1. The highest BCUT2D eigenvalue weighted by Crippen LogP contribution is 2.38. The van der Waals surface area contributed by atoms with E-state index in [0.717, 1.165) is 35.1 Å². The minimum Gasteiger partial charge on any atom is -0.481 e. The lowest BCUT2D eigenvalue weighted by molar-refractivity contribution is -0.145. The predicted molar refractivity (Wildman–Crippen MR) is 134 cm³/mol. The van der Waals surface area contributed by atoms with Crippen LogP contribution in [0.25, 0.3) is 34.0 Å². The second kappa shape index (κ2) is 8.99. The molecular formula is C29H26FN3O3. The number of benzene rings is 3. The Kier molecular flexibility index (Phi) is 5.64. The Balaban J connectivity index is 1.21. The Hall–Kier alpha value is -3.84. The zero-order valence-corrected chi connectivity index (χ0v) is 19.9. The van der Waals surface area contributed by atoms with E-state index in [-0.39, 0.29) is 29.5 Å². The van der Waals surface area contributed by atoms with Gasteiger partial charge >= 0.3 is 5.97 Å². The molecule has 6 nitrogen and oxygen atoms in total. The van der Waals surface area contributed by atoms with Gasteiger partial charge in [0.25, 0.3) is 5.89 Å². The van der Waals surface area contributed by atoms with Crippen molar-refractivity contribution in [3.05, 3.63) is 83.2 Å². The highest BCUT2D eigenvalue weighted by atomic mass is 19.1. The molecule has 2 aliphatic rings. The summed E-state index contributed by atoms with van der Waals surface area (Å²) in [4.78, 5) is 15.6. The van der Waals surface area contributed by atoms with Gasteiger partial charge in [-0.2, -0.15) is 4.98 Å². The molecule has 6 rings (SSSR count). The molecule has 0 radical (unpaired) electrons. The van der Waals surface area contributed by atoms with E-state index in [2.05, 4.69) is 27.6 Å². The SMILES string of the molecule is Cc1cc(-c2nc(-c3ccc4c(c3)CCC4N[C@H]3C[C@H](C(=O)O)C3)no2)c(F)cc1-c1ccccc1. The minimum atomic E-state index is -0.703. The topological polar surface area (TPSA) is 88.2 Å². The second-order valence-electron chi connectivity index (χ2n) is 9.81. The Morgan fingerprint density at radius 2 is 1.86 bits per heavy atom. The molecule has 0 saturated heterocycles. The zero-order chi connectivity index (χ0) is 24.8. The lowest BCUT2D eigenvalue weighted by Gasteiger charge is -2.35. The Bertz CT molecular complexity index is 1440. The smallest absolute Gasteiger partial charge is 0.306 e. The summed E-state index contributed by atoms with van der Waals surface area (Å²) in [5, 5.41) is 16.8. The van der Waals surface area contributed by atoms with Crippen molar-refractivity contribution >= 4 is 5.97 Å². The van der Waals surface area contributed by atoms with Crippen molar-refractivity contribution in [1.82, 2.24) is 15.5 Å². The number of carboxylic acid groups (broad SMARTS) is 1. The van der Waals surface area contributed by atoms with Crippen LogP contribution in [0.1, 0.15) is 42.0 Å². The van der Waals surface area contributed by atoms with Gasteiger partial charge in [0.1, 0.15) is 5.82 Å². The Labute approximate surface area is 208 Å². The molecule has 1 atom stereocenters. The van der Waals surface area contributed by atoms with Gasteiger partial charge in [-0.25, -0.2) is 4.39 Å². The third-order valence-corrected chi connectivity index (χ3v) is 7.46. The fraction of sp³-hybridized carbons (Fsp3) is 0.276. The van der Waals surface area contributed by atoms with Gasteiger partial charge in [0.05, 0.1) is 11.5 Å². The molecule has 1 heterocycles. The number of aliphatic carboxylic acids is 1. The minimum absolute atomic E-state index is 0.156. The van der Waals surface area contributed by atoms with E-state index in [1.165, 1.54) is 17.2 Å². The molecule has 1 aromatic heterocycles. The van der Waals surface area contributed by atoms with Gasteiger partial charge in [-0.15, -0.1) is 0 Å². The van der Waals surface area contributed by atoms with Crippen LogP contribution >= 0.6 is 0 Å². The normalized spacial score (nSPS) is 20.7. The first-order valence-corrected chi connectivity index (χ1v) is 12.3. The van der Waals surface area contributed by atoms with Gasteiger partial charge in [-0.05, 0) is 78.6 Å². The summed E-state index contributed by atoms with van der Waals surface area (Å²) in [7, 11) is 0. The molecule has 3 aromatic carbocycles. The largest absolute Gasteiger partial charge is 0.481 e. The average molecular weight is 484 g/mol. The maximum Gasteiger partial charge on any atom is 0.306 e. The van der Waals surface area contributed by atoms with Crippen LogP contribution in [0.5, 0.6) is 0 Å². The van der Waals surface area contributed by atoms with E-state index >= 15 is 4.39 Å². The van der Waals surface area contributed by atoms with Gasteiger partial charge < -0.3 is 14.9 Å². The summed E-state index contributed by atoms with van der Waals surface area (Å²) in [5.41, 5.74) is 6.29. The van der Waals surface area contributed by atoms with Crippen molar-refractivity contribution in [2.75, 3.05) is 0 Å². The number of fused-ring (bicyclic) bond motifs is 1. The molecule has 1 saturated carbocycles. The number of carbonyl (C=O) groups is 1. The van der Waals surface area contributed by atoms with E-state index < -0.39 is 11.8 Å². The number of aryl methyl sites for hydroxylation is 2. The Morgan fingerprint density at radius 1 is 1.06 bits per heavy atom. The quantitative estimate of drug-likeness (QED) is 0.352. The van der Waals surface area contributed by atoms with Gasteiger partial charge in [-0.1, -0.05) is 47.6 Å². The number of hydrogen-bond acceptors (Lipinski definition) is 5. The number of nitrogens with zero attached hydrogens (tertiary/aromatic N) is 2. The molecule has 0 bridgehead atoms. The molecule has 4 aromatic rings. The van der Waals surface area contributed by atoms with Crippen LogP contribution in [0.4, 0.5) is 4.39 Å². The molecule has 0 amide bonds. The summed E-state index contributed by atoms with van der Waals surface area (Å²) in [5.74, 6) is -0.744. The molecule has 2 aliphatic carbocycles. The number of rotatable bonds is 6. The number of nitrogens with one attached hydrogen (secondary N) is 1. The highest BCUT2D eigenvalue weighted by molar-refractivity contribution is 5.72. The van der Waals surface area contributed by atoms with E-state index in [1.54, 1.807) is 6.07 Å². The van der Waals surface area contributed by atoms with Gasteiger partial charge in [-0.3, -0.25) is 4.79 Å². The van der Waals surface area contributed by atoms with Crippen molar-refractivity contribution in [1.29, 1.82) is 0 Å². The van der Waals surface area contributed by atoms with E-state index in [4.69, 9.17) is 9.63 Å². The lowest BCUT2D eigenvalue weighted by atomic mass is 9.80. The van der Waals surface area contributed by atoms with Crippen molar-refractivity contribution in [3.63, 3.8) is 0 Å². The molecular weight excluding hydrogens is 457 g/mol. The van der Waals surface area contributed by atoms with Crippen LogP contribution in [0, 0.1) is 18.7 Å². The standard InChI is InChI=1S/C29H26FN3O3/c1-16-11-24(25(30)15-23(16)17-5-3-2-4-6-17)28-32-27(33-36-28)19-7-9-22-18(12-19)8-10-26(22)31-21-13-20(14-21)29(34)35/h2-7,9,11-12,15,20-21,26,31H,8,10,13-14H2,1H3,(H,34,35)/t20-,21-,26?. The van der Waals surface area contributed by atoms with E-state index in [9.17, 15) is 4.79 Å². The summed E-state index contributed by atoms with van der Waals surface area (Å²) >= 11 is 0. The highest BCUT2D eigenvalue weighted by Gasteiger charge is 2.36. The predicted octanol–water partition coefficient (Wildman–Crippen LogP) is 5.96.